The number of rotatable bonds is 48. The van der Waals surface area contributed by atoms with Gasteiger partial charge in [0.1, 0.15) is 6.10 Å². The van der Waals surface area contributed by atoms with E-state index in [0.717, 1.165) is 64.2 Å². The van der Waals surface area contributed by atoms with E-state index in [-0.39, 0.29) is 24.9 Å². The minimum Gasteiger partial charge on any atom is -0.462 e. The van der Waals surface area contributed by atoms with Crippen molar-refractivity contribution in [3.63, 3.8) is 0 Å². The van der Waals surface area contributed by atoms with Crippen LogP contribution in [-0.4, -0.2) is 46.9 Å². The van der Waals surface area contributed by atoms with Gasteiger partial charge in [-0.2, -0.15) is 0 Å². The molecule has 0 aliphatic heterocycles. The molecule has 3 unspecified atom stereocenters. The van der Waals surface area contributed by atoms with E-state index in [1.807, 2.05) is 0 Å². The first-order valence-corrected chi connectivity index (χ1v) is 26.6. The maximum atomic E-state index is 13.2. The van der Waals surface area contributed by atoms with E-state index in [9.17, 15) is 19.8 Å². The zero-order chi connectivity index (χ0) is 43.8. The smallest absolute Gasteiger partial charge is 0.306 e. The molecular weight excluding hydrogens is 743 g/mol. The Morgan fingerprint density at radius 2 is 0.817 bits per heavy atom. The summed E-state index contributed by atoms with van der Waals surface area (Å²) in [7, 11) is 0. The highest BCUT2D eigenvalue weighted by molar-refractivity contribution is 5.77. The summed E-state index contributed by atoms with van der Waals surface area (Å²) in [6, 6.07) is -0.702. The highest BCUT2D eigenvalue weighted by Gasteiger charge is 2.24. The zero-order valence-electron chi connectivity index (χ0n) is 40.4. The van der Waals surface area contributed by atoms with Gasteiger partial charge in [-0.3, -0.25) is 9.59 Å². The first kappa shape index (κ1) is 58.3. The molecule has 354 valence electrons. The van der Waals surface area contributed by atoms with Gasteiger partial charge in [-0.1, -0.05) is 225 Å². The van der Waals surface area contributed by atoms with Crippen LogP contribution in [0.5, 0.6) is 0 Å². The Balaban J connectivity index is 4.48. The maximum absolute atomic E-state index is 13.2. The largest absolute Gasteiger partial charge is 0.462 e. The molecule has 1 amide bonds. The number of aliphatic hydroxyl groups excluding tert-OH is 2. The Kier molecular flexibility index (Phi) is 47.0. The summed E-state index contributed by atoms with van der Waals surface area (Å²) in [5, 5.41) is 23.8. The van der Waals surface area contributed by atoms with Crippen LogP contribution < -0.4 is 5.32 Å². The number of esters is 1. The van der Waals surface area contributed by atoms with Gasteiger partial charge < -0.3 is 20.3 Å². The second-order valence-electron chi connectivity index (χ2n) is 18.3. The number of unbranched alkanes of at least 4 members (excludes halogenated alkanes) is 32. The van der Waals surface area contributed by atoms with Crippen molar-refractivity contribution >= 4 is 11.9 Å². The lowest BCUT2D eigenvalue weighted by atomic mass is 10.0. The van der Waals surface area contributed by atoms with Crippen LogP contribution in [0, 0.1) is 0 Å². The second-order valence-corrected chi connectivity index (χ2v) is 18.3. The average Bonchev–Trinajstić information content (AvgIpc) is 3.24. The number of hydrogen-bond acceptors (Lipinski definition) is 5. The summed E-state index contributed by atoms with van der Waals surface area (Å²) in [4.78, 5) is 26.1. The van der Waals surface area contributed by atoms with Crippen molar-refractivity contribution in [3.05, 3.63) is 24.3 Å². The Morgan fingerprint density at radius 3 is 1.25 bits per heavy atom. The predicted molar refractivity (Wildman–Crippen MR) is 260 cm³/mol. The molecule has 0 spiro atoms. The third kappa shape index (κ3) is 43.0. The van der Waals surface area contributed by atoms with Crippen LogP contribution in [-0.2, 0) is 14.3 Å². The lowest BCUT2D eigenvalue weighted by Crippen LogP contribution is -2.46. The fourth-order valence-corrected chi connectivity index (χ4v) is 8.17. The van der Waals surface area contributed by atoms with E-state index in [0.29, 0.717) is 19.3 Å². The molecule has 0 aliphatic rings. The van der Waals surface area contributed by atoms with Crippen LogP contribution in [0.25, 0.3) is 0 Å². The normalized spacial score (nSPS) is 13.3. The lowest BCUT2D eigenvalue weighted by molar-refractivity contribution is -0.151. The first-order valence-electron chi connectivity index (χ1n) is 26.6. The van der Waals surface area contributed by atoms with Crippen LogP contribution in [0.2, 0.25) is 0 Å². The number of amides is 1. The molecule has 0 bridgehead atoms. The summed E-state index contributed by atoms with van der Waals surface area (Å²) in [5.41, 5.74) is 0. The number of hydrogen-bond donors (Lipinski definition) is 3. The lowest BCUT2D eigenvalue weighted by Gasteiger charge is -2.24. The number of allylic oxidation sites excluding steroid dienone is 4. The molecular formula is C54H103NO5. The minimum absolute atomic E-state index is 0.0723. The zero-order valence-corrected chi connectivity index (χ0v) is 40.4. The fourth-order valence-electron chi connectivity index (χ4n) is 8.17. The van der Waals surface area contributed by atoms with Gasteiger partial charge in [0.05, 0.1) is 25.2 Å². The van der Waals surface area contributed by atoms with Gasteiger partial charge in [-0.15, -0.1) is 0 Å². The quantitative estimate of drug-likeness (QED) is 0.0322. The van der Waals surface area contributed by atoms with E-state index in [1.54, 1.807) is 0 Å². The van der Waals surface area contributed by atoms with E-state index in [1.165, 1.54) is 173 Å². The summed E-state index contributed by atoms with van der Waals surface area (Å²) in [6.07, 6.45) is 55.2. The standard InChI is InChI=1S/C54H103NO5/c1-4-7-10-13-16-19-22-24-25-26-27-29-32-34-37-40-43-46-52(57)51(49-56)55-53(58)48-50(45-42-39-36-33-31-28-23-20-17-14-11-8-5-2)60-54(59)47-44-41-38-35-30-21-18-15-12-9-6-3/h15,18,20,23,50-52,56-57H,4-14,16-17,19,21-22,24-49H2,1-3H3,(H,55,58)/b18-15-,23-20-. The Morgan fingerprint density at radius 1 is 0.467 bits per heavy atom. The molecule has 0 aromatic heterocycles. The van der Waals surface area contributed by atoms with Crippen molar-refractivity contribution in [2.24, 2.45) is 0 Å². The van der Waals surface area contributed by atoms with Gasteiger partial charge in [0, 0.05) is 6.42 Å². The van der Waals surface area contributed by atoms with Gasteiger partial charge in [0.25, 0.3) is 0 Å². The predicted octanol–water partition coefficient (Wildman–Crippen LogP) is 15.9. The Bertz CT molecular complexity index is 950. The third-order valence-corrected chi connectivity index (χ3v) is 12.3. The SMILES string of the molecule is CCCC/C=C\CCCCCCCC(=O)OC(CCCCCCC/C=C\CCCCCC)CC(=O)NC(CO)C(O)CCCCCCCCCCCCCCCCCCC. The Hall–Kier alpha value is -1.66. The molecule has 3 N–H and O–H groups in total. The van der Waals surface area contributed by atoms with Crippen molar-refractivity contribution in [3.8, 4) is 0 Å². The van der Waals surface area contributed by atoms with E-state index < -0.39 is 18.2 Å². The van der Waals surface area contributed by atoms with Gasteiger partial charge in [0.2, 0.25) is 5.91 Å². The topological polar surface area (TPSA) is 95.9 Å². The molecule has 0 rings (SSSR count). The van der Waals surface area contributed by atoms with Crippen molar-refractivity contribution in [1.29, 1.82) is 0 Å². The first-order chi connectivity index (χ1) is 29.5. The van der Waals surface area contributed by atoms with Crippen LogP contribution in [0.15, 0.2) is 24.3 Å². The van der Waals surface area contributed by atoms with Crippen LogP contribution in [0.4, 0.5) is 0 Å². The van der Waals surface area contributed by atoms with Gasteiger partial charge in [-0.25, -0.2) is 0 Å². The highest BCUT2D eigenvalue weighted by Crippen LogP contribution is 2.18. The summed E-state index contributed by atoms with van der Waals surface area (Å²) >= 11 is 0. The third-order valence-electron chi connectivity index (χ3n) is 12.3. The summed E-state index contributed by atoms with van der Waals surface area (Å²) in [6.45, 7) is 6.45. The van der Waals surface area contributed by atoms with Crippen molar-refractivity contribution in [2.75, 3.05) is 6.61 Å². The van der Waals surface area contributed by atoms with Crippen LogP contribution >= 0.6 is 0 Å². The summed E-state index contributed by atoms with van der Waals surface area (Å²) in [5.74, 6) is -0.482. The number of carbonyl (C=O) groups is 2. The van der Waals surface area contributed by atoms with Crippen LogP contribution in [0.1, 0.15) is 284 Å². The molecule has 0 saturated carbocycles. The second kappa shape index (κ2) is 48.4. The van der Waals surface area contributed by atoms with E-state index >= 15 is 0 Å². The van der Waals surface area contributed by atoms with Crippen molar-refractivity contribution < 1.29 is 24.5 Å². The van der Waals surface area contributed by atoms with Crippen LogP contribution in [0.3, 0.4) is 0 Å². The molecule has 0 aliphatic carbocycles. The van der Waals surface area contributed by atoms with Gasteiger partial charge in [0.15, 0.2) is 0 Å². The molecule has 0 saturated heterocycles. The average molecular weight is 846 g/mol. The molecule has 0 aromatic rings. The van der Waals surface area contributed by atoms with E-state index in [4.69, 9.17) is 4.74 Å². The molecule has 6 heteroatoms. The molecule has 0 radical (unpaired) electrons. The molecule has 0 fully saturated rings. The van der Waals surface area contributed by atoms with Crippen molar-refractivity contribution in [2.45, 2.75) is 302 Å². The molecule has 0 heterocycles. The number of aliphatic hydroxyl groups is 2. The monoisotopic (exact) mass is 846 g/mol. The number of carbonyl (C=O) groups excluding carboxylic acids is 2. The van der Waals surface area contributed by atoms with Crippen molar-refractivity contribution in [1.82, 2.24) is 5.32 Å². The maximum Gasteiger partial charge on any atom is 0.306 e. The molecule has 0 aromatic carbocycles. The van der Waals surface area contributed by atoms with Gasteiger partial charge in [-0.05, 0) is 70.6 Å². The molecule has 6 nitrogen and oxygen atoms in total. The number of nitrogens with one attached hydrogen (secondary N) is 1. The van der Waals surface area contributed by atoms with Gasteiger partial charge >= 0.3 is 5.97 Å². The molecule has 60 heavy (non-hydrogen) atoms. The number of ether oxygens (including phenoxy) is 1. The Labute approximate surface area is 373 Å². The fraction of sp³-hybridized carbons (Fsp3) is 0.889. The molecule has 3 atom stereocenters. The minimum atomic E-state index is -0.788. The van der Waals surface area contributed by atoms with E-state index in [2.05, 4.69) is 50.4 Å². The summed E-state index contributed by atoms with van der Waals surface area (Å²) < 4.78 is 5.92. The highest BCUT2D eigenvalue weighted by atomic mass is 16.5.